The van der Waals surface area contributed by atoms with Gasteiger partial charge in [0.25, 0.3) is 0 Å². The van der Waals surface area contributed by atoms with Gasteiger partial charge in [0, 0.05) is 12.7 Å². The summed E-state index contributed by atoms with van der Waals surface area (Å²) in [7, 11) is 1.45. The van der Waals surface area contributed by atoms with E-state index in [1.807, 2.05) is 30.3 Å². The summed E-state index contributed by atoms with van der Waals surface area (Å²) in [5.41, 5.74) is 0.863. The molecule has 120 valence electrons. The number of ether oxygens (including phenoxy) is 4. The molecule has 1 aromatic carbocycles. The molecule has 1 aromatic rings. The second kappa shape index (κ2) is 6.72. The summed E-state index contributed by atoms with van der Waals surface area (Å²) in [5.74, 6) is 0. The van der Waals surface area contributed by atoms with Crippen molar-refractivity contribution in [3.63, 3.8) is 0 Å². The molecule has 0 unspecified atom stereocenters. The molecular weight excluding hydrogens is 290 g/mol. The zero-order chi connectivity index (χ0) is 15.5. The first-order chi connectivity index (χ1) is 10.7. The summed E-state index contributed by atoms with van der Waals surface area (Å²) < 4.78 is 22.4. The van der Waals surface area contributed by atoms with Crippen molar-refractivity contribution in [3.8, 4) is 0 Å². The Labute approximate surface area is 128 Å². The van der Waals surface area contributed by atoms with Gasteiger partial charge in [-0.1, -0.05) is 30.3 Å². The first-order valence-corrected chi connectivity index (χ1v) is 7.12. The maximum absolute atomic E-state index is 10.7. The Bertz CT molecular complexity index is 498. The molecule has 3 rings (SSSR count). The Morgan fingerprint density at radius 3 is 2.77 bits per heavy atom. The third-order valence-electron chi connectivity index (χ3n) is 3.93. The van der Waals surface area contributed by atoms with Crippen LogP contribution in [0, 0.1) is 0 Å². The fraction of sp³-hybridized carbons (Fsp3) is 0.533. The van der Waals surface area contributed by atoms with E-state index in [9.17, 15) is 9.90 Å². The molecule has 2 fully saturated rings. The van der Waals surface area contributed by atoms with Crippen molar-refractivity contribution in [1.82, 2.24) is 5.32 Å². The lowest BCUT2D eigenvalue weighted by Gasteiger charge is -2.47. The second-order valence-corrected chi connectivity index (χ2v) is 5.26. The maximum atomic E-state index is 10.7. The number of benzene rings is 1. The monoisotopic (exact) mass is 309 g/mol. The summed E-state index contributed by atoms with van der Waals surface area (Å²) in [6.07, 6.45) is -2.83. The molecule has 22 heavy (non-hydrogen) atoms. The van der Waals surface area contributed by atoms with Crippen LogP contribution in [0.25, 0.3) is 0 Å². The molecule has 2 heterocycles. The Hall–Kier alpha value is -1.51. The quantitative estimate of drug-likeness (QED) is 0.758. The molecule has 2 aliphatic rings. The number of nitrogens with one attached hydrogen (secondary N) is 1. The maximum Gasteiger partial charge on any atom is 0.207 e. The largest absolute Gasteiger partial charge is 0.388 e. The normalized spacial score (nSPS) is 38.1. The molecule has 0 spiro atoms. The molecule has 7 heteroatoms. The molecule has 2 saturated heterocycles. The molecule has 0 aromatic heterocycles. The highest BCUT2D eigenvalue weighted by Crippen LogP contribution is 2.34. The number of aliphatic hydroxyl groups is 1. The van der Waals surface area contributed by atoms with E-state index in [0.29, 0.717) is 6.41 Å². The minimum atomic E-state index is -0.955. The van der Waals surface area contributed by atoms with Gasteiger partial charge in [0.15, 0.2) is 12.6 Å². The number of hydrogen-bond donors (Lipinski definition) is 2. The van der Waals surface area contributed by atoms with E-state index < -0.39 is 36.9 Å². The van der Waals surface area contributed by atoms with Crippen molar-refractivity contribution in [2.24, 2.45) is 0 Å². The van der Waals surface area contributed by atoms with E-state index >= 15 is 0 Å². The van der Waals surface area contributed by atoms with Crippen LogP contribution in [-0.2, 0) is 23.7 Å². The molecule has 6 atom stereocenters. The summed E-state index contributed by atoms with van der Waals surface area (Å²) in [6, 6.07) is 8.76. The fourth-order valence-corrected chi connectivity index (χ4v) is 2.83. The van der Waals surface area contributed by atoms with E-state index in [2.05, 4.69) is 5.32 Å². The van der Waals surface area contributed by atoms with Gasteiger partial charge in [-0.05, 0) is 0 Å². The molecular formula is C15H19NO6. The number of aliphatic hydroxyl groups excluding tert-OH is 1. The molecule has 0 saturated carbocycles. The Balaban J connectivity index is 1.76. The van der Waals surface area contributed by atoms with Gasteiger partial charge in [-0.15, -0.1) is 0 Å². The molecule has 2 N–H and O–H groups in total. The van der Waals surface area contributed by atoms with Crippen LogP contribution in [0.4, 0.5) is 0 Å². The van der Waals surface area contributed by atoms with Crippen LogP contribution in [0.1, 0.15) is 11.9 Å². The standard InChI is InChI=1S/C15H19NO6/c1-19-15-11(16-8-17)12(18)13-10(21-15)7-20-14(22-13)9-5-3-2-4-6-9/h2-6,8,10-15,18H,7H2,1H3,(H,16,17)/t10-,11-,12-,13+,14-,15+/m0/s1. The Kier molecular flexibility index (Phi) is 4.70. The number of hydrogen-bond acceptors (Lipinski definition) is 6. The van der Waals surface area contributed by atoms with Crippen LogP contribution in [0.3, 0.4) is 0 Å². The number of fused-ring (bicyclic) bond motifs is 1. The van der Waals surface area contributed by atoms with Crippen LogP contribution in [0.5, 0.6) is 0 Å². The smallest absolute Gasteiger partial charge is 0.207 e. The van der Waals surface area contributed by atoms with Gasteiger partial charge >= 0.3 is 0 Å². The molecule has 0 bridgehead atoms. The predicted molar refractivity (Wildman–Crippen MR) is 74.7 cm³/mol. The highest BCUT2D eigenvalue weighted by Gasteiger charge is 2.49. The van der Waals surface area contributed by atoms with E-state index in [1.54, 1.807) is 0 Å². The lowest BCUT2D eigenvalue weighted by atomic mass is 9.96. The van der Waals surface area contributed by atoms with Crippen LogP contribution in [-0.4, -0.2) is 55.9 Å². The molecule has 0 radical (unpaired) electrons. The number of carbonyl (C=O) groups excluding carboxylic acids is 1. The summed E-state index contributed by atoms with van der Waals surface area (Å²) in [4.78, 5) is 10.7. The summed E-state index contributed by atoms with van der Waals surface area (Å²) >= 11 is 0. The first-order valence-electron chi connectivity index (χ1n) is 7.12. The van der Waals surface area contributed by atoms with Gasteiger partial charge in [-0.3, -0.25) is 4.79 Å². The average molecular weight is 309 g/mol. The van der Waals surface area contributed by atoms with Crippen LogP contribution in [0.2, 0.25) is 0 Å². The minimum Gasteiger partial charge on any atom is -0.388 e. The molecule has 1 amide bonds. The van der Waals surface area contributed by atoms with Gasteiger partial charge in [0.05, 0.1) is 6.61 Å². The van der Waals surface area contributed by atoms with E-state index in [0.717, 1.165) is 5.56 Å². The van der Waals surface area contributed by atoms with Crippen LogP contribution >= 0.6 is 0 Å². The molecule has 0 aliphatic carbocycles. The van der Waals surface area contributed by atoms with E-state index in [4.69, 9.17) is 18.9 Å². The van der Waals surface area contributed by atoms with Gasteiger partial charge in [-0.2, -0.15) is 0 Å². The van der Waals surface area contributed by atoms with Crippen molar-refractivity contribution in [1.29, 1.82) is 0 Å². The lowest BCUT2D eigenvalue weighted by Crippen LogP contribution is -2.65. The van der Waals surface area contributed by atoms with E-state index in [-0.39, 0.29) is 6.61 Å². The van der Waals surface area contributed by atoms with Crippen LogP contribution in [0.15, 0.2) is 30.3 Å². The zero-order valence-corrected chi connectivity index (χ0v) is 12.1. The third-order valence-corrected chi connectivity index (χ3v) is 3.93. The van der Waals surface area contributed by atoms with Gasteiger partial charge in [-0.25, -0.2) is 0 Å². The van der Waals surface area contributed by atoms with E-state index in [1.165, 1.54) is 7.11 Å². The highest BCUT2D eigenvalue weighted by atomic mass is 16.7. The second-order valence-electron chi connectivity index (χ2n) is 5.26. The Morgan fingerprint density at radius 1 is 1.32 bits per heavy atom. The Morgan fingerprint density at radius 2 is 2.09 bits per heavy atom. The van der Waals surface area contributed by atoms with Crippen molar-refractivity contribution in [2.45, 2.75) is 36.9 Å². The average Bonchev–Trinajstić information content (AvgIpc) is 2.58. The molecule has 2 aliphatic heterocycles. The number of carbonyl (C=O) groups is 1. The van der Waals surface area contributed by atoms with Crippen molar-refractivity contribution in [2.75, 3.05) is 13.7 Å². The third kappa shape index (κ3) is 2.86. The summed E-state index contributed by atoms with van der Waals surface area (Å²) in [5, 5.41) is 13.0. The SMILES string of the molecule is CO[C@@H]1O[C@H]2CO[C@H](c3ccccc3)O[C@H]2[C@@H](O)[C@@H]1NC=O. The lowest BCUT2D eigenvalue weighted by molar-refractivity contribution is -0.341. The van der Waals surface area contributed by atoms with Crippen molar-refractivity contribution >= 4 is 6.41 Å². The summed E-state index contributed by atoms with van der Waals surface area (Å²) in [6.45, 7) is 0.273. The van der Waals surface area contributed by atoms with Gasteiger partial charge in [0.1, 0.15) is 24.4 Å². The van der Waals surface area contributed by atoms with Crippen molar-refractivity contribution in [3.05, 3.63) is 35.9 Å². The zero-order valence-electron chi connectivity index (χ0n) is 12.1. The number of rotatable bonds is 4. The highest BCUT2D eigenvalue weighted by molar-refractivity contribution is 5.47. The number of amides is 1. The van der Waals surface area contributed by atoms with Crippen molar-refractivity contribution < 1.29 is 28.8 Å². The van der Waals surface area contributed by atoms with Gasteiger partial charge < -0.3 is 29.4 Å². The predicted octanol–water partition coefficient (Wildman–Crippen LogP) is -0.0526. The molecule has 7 nitrogen and oxygen atoms in total. The number of methoxy groups -OCH3 is 1. The first kappa shape index (κ1) is 15.4. The van der Waals surface area contributed by atoms with Crippen LogP contribution < -0.4 is 5.32 Å². The topological polar surface area (TPSA) is 86.2 Å². The van der Waals surface area contributed by atoms with Gasteiger partial charge in [0.2, 0.25) is 6.41 Å². The fourth-order valence-electron chi connectivity index (χ4n) is 2.83. The minimum absolute atomic E-state index is 0.273.